The smallest absolute Gasteiger partial charge is 0.111 e. The van der Waals surface area contributed by atoms with E-state index in [4.69, 9.17) is 5.11 Å². The second-order valence-corrected chi connectivity index (χ2v) is 5.56. The van der Waals surface area contributed by atoms with Crippen LogP contribution < -0.4 is 0 Å². The van der Waals surface area contributed by atoms with Gasteiger partial charge in [0.15, 0.2) is 0 Å². The van der Waals surface area contributed by atoms with E-state index in [1.54, 1.807) is 0 Å². The maximum atomic E-state index is 10.7. The van der Waals surface area contributed by atoms with Crippen LogP contribution in [0, 0.1) is 4.91 Å². The monoisotopic (exact) mass is 322 g/mol. The Morgan fingerprint density at radius 1 is 0.909 bits per heavy atom. The van der Waals surface area contributed by atoms with E-state index in [9.17, 15) is 25.3 Å². The van der Waals surface area contributed by atoms with E-state index in [1.807, 2.05) is 0 Å². The van der Waals surface area contributed by atoms with Gasteiger partial charge in [0.2, 0.25) is 0 Å². The lowest BCUT2D eigenvalue weighted by Gasteiger charge is -2.27. The SMILES string of the molecule is CCCCCCCCN(C[C@H](O)[C@@H](O)[C@H](O)[C@H](O)CO)N=O. The van der Waals surface area contributed by atoms with Gasteiger partial charge in [-0.25, -0.2) is 0 Å². The Bertz CT molecular complexity index is 282. The van der Waals surface area contributed by atoms with Gasteiger partial charge in [-0.3, -0.25) is 5.01 Å². The minimum atomic E-state index is -1.69. The number of hydrogen-bond donors (Lipinski definition) is 5. The summed E-state index contributed by atoms with van der Waals surface area (Å²) in [5, 5.41) is 50.7. The lowest BCUT2D eigenvalue weighted by atomic mass is 10.0. The van der Waals surface area contributed by atoms with Gasteiger partial charge in [0.25, 0.3) is 0 Å². The van der Waals surface area contributed by atoms with Crippen LogP contribution in [0.2, 0.25) is 0 Å². The number of unbranched alkanes of at least 4 members (excludes halogenated alkanes) is 5. The number of aliphatic hydroxyl groups is 5. The third kappa shape index (κ3) is 8.60. The normalized spacial score (nSPS) is 16.8. The first kappa shape index (κ1) is 21.2. The summed E-state index contributed by atoms with van der Waals surface area (Å²) < 4.78 is 0. The molecule has 0 unspecified atom stereocenters. The van der Waals surface area contributed by atoms with E-state index >= 15 is 0 Å². The molecule has 0 rings (SSSR count). The Labute approximate surface area is 131 Å². The maximum absolute atomic E-state index is 10.7. The van der Waals surface area contributed by atoms with Crippen molar-refractivity contribution in [2.75, 3.05) is 19.7 Å². The third-order valence-electron chi connectivity index (χ3n) is 3.61. The summed E-state index contributed by atoms with van der Waals surface area (Å²) in [6.07, 6.45) is -0.0884. The van der Waals surface area contributed by atoms with Gasteiger partial charge in [-0.05, 0) is 6.42 Å². The molecule has 22 heavy (non-hydrogen) atoms. The first-order chi connectivity index (χ1) is 10.5. The van der Waals surface area contributed by atoms with Crippen LogP contribution in [0.5, 0.6) is 0 Å². The highest BCUT2D eigenvalue weighted by Crippen LogP contribution is 2.09. The highest BCUT2D eigenvalue weighted by molar-refractivity contribution is 4.82. The molecule has 0 aromatic carbocycles. The molecule has 0 aromatic heterocycles. The van der Waals surface area contributed by atoms with Crippen molar-refractivity contribution in [3.05, 3.63) is 4.91 Å². The van der Waals surface area contributed by atoms with Crippen molar-refractivity contribution >= 4 is 0 Å². The molecule has 0 radical (unpaired) electrons. The molecule has 132 valence electrons. The fourth-order valence-corrected chi connectivity index (χ4v) is 2.13. The molecule has 8 nitrogen and oxygen atoms in total. The van der Waals surface area contributed by atoms with Crippen LogP contribution in [0.25, 0.3) is 0 Å². The lowest BCUT2D eigenvalue weighted by molar-refractivity contribution is -0.119. The van der Waals surface area contributed by atoms with E-state index in [-0.39, 0.29) is 6.54 Å². The standard InChI is InChI=1S/C14H30N2O6/c1-2-3-4-5-6-7-8-16(15-22)9-11(18)13(20)14(21)12(19)10-17/h11-14,17-21H,2-10H2,1H3/t11-,12+,13+,14+/m0/s1. The second-order valence-electron chi connectivity index (χ2n) is 5.56. The summed E-state index contributed by atoms with van der Waals surface area (Å²) in [5.41, 5.74) is 0. The molecule has 0 saturated carbocycles. The molecule has 0 aliphatic carbocycles. The fraction of sp³-hybridized carbons (Fsp3) is 1.00. The predicted molar refractivity (Wildman–Crippen MR) is 81.9 cm³/mol. The molecule has 5 N–H and O–H groups in total. The van der Waals surface area contributed by atoms with Crippen molar-refractivity contribution < 1.29 is 25.5 Å². The number of nitroso groups, excluding NO2 is 1. The van der Waals surface area contributed by atoms with Gasteiger partial charge in [-0.1, -0.05) is 39.0 Å². The average Bonchev–Trinajstić information content (AvgIpc) is 2.54. The summed E-state index contributed by atoms with van der Waals surface area (Å²) in [5.74, 6) is 0. The Hall–Kier alpha value is -0.800. The number of rotatable bonds is 14. The highest BCUT2D eigenvalue weighted by Gasteiger charge is 2.31. The van der Waals surface area contributed by atoms with Gasteiger partial charge in [-0.15, -0.1) is 4.91 Å². The van der Waals surface area contributed by atoms with Crippen molar-refractivity contribution in [1.82, 2.24) is 5.01 Å². The molecule has 4 atom stereocenters. The van der Waals surface area contributed by atoms with Crippen molar-refractivity contribution in [1.29, 1.82) is 0 Å². The van der Waals surface area contributed by atoms with Crippen LogP contribution in [0.15, 0.2) is 5.29 Å². The van der Waals surface area contributed by atoms with Gasteiger partial charge in [0.05, 0.1) is 18.4 Å². The van der Waals surface area contributed by atoms with Crippen LogP contribution in [-0.2, 0) is 0 Å². The summed E-state index contributed by atoms with van der Waals surface area (Å²) in [6, 6.07) is 0. The summed E-state index contributed by atoms with van der Waals surface area (Å²) in [7, 11) is 0. The molecule has 0 bridgehead atoms. The van der Waals surface area contributed by atoms with Gasteiger partial charge < -0.3 is 25.5 Å². The Balaban J connectivity index is 4.06. The molecule has 0 spiro atoms. The molecule has 0 aromatic rings. The van der Waals surface area contributed by atoms with Crippen LogP contribution >= 0.6 is 0 Å². The zero-order valence-electron chi connectivity index (χ0n) is 13.2. The second kappa shape index (κ2) is 12.7. The van der Waals surface area contributed by atoms with E-state index in [0.29, 0.717) is 6.54 Å². The molecular formula is C14H30N2O6. The van der Waals surface area contributed by atoms with Crippen LogP contribution in [0.1, 0.15) is 45.4 Å². The van der Waals surface area contributed by atoms with Crippen LogP contribution in [0.3, 0.4) is 0 Å². The molecule has 0 heterocycles. The predicted octanol–water partition coefficient (Wildman–Crippen LogP) is -0.234. The largest absolute Gasteiger partial charge is 0.394 e. The Kier molecular flexibility index (Phi) is 12.3. The summed E-state index contributed by atoms with van der Waals surface area (Å²) in [4.78, 5) is 10.7. The molecular weight excluding hydrogens is 292 g/mol. The van der Waals surface area contributed by atoms with E-state index in [0.717, 1.165) is 37.1 Å². The number of aliphatic hydroxyl groups excluding tert-OH is 5. The van der Waals surface area contributed by atoms with Crippen molar-refractivity contribution in [2.45, 2.75) is 69.9 Å². The fourth-order valence-electron chi connectivity index (χ4n) is 2.13. The quantitative estimate of drug-likeness (QED) is 0.169. The first-order valence-electron chi connectivity index (χ1n) is 7.89. The van der Waals surface area contributed by atoms with E-state index in [2.05, 4.69) is 12.2 Å². The van der Waals surface area contributed by atoms with Gasteiger partial charge in [0, 0.05) is 6.54 Å². The molecule has 8 heteroatoms. The number of hydrogen-bond acceptors (Lipinski definition) is 7. The van der Waals surface area contributed by atoms with Crippen molar-refractivity contribution in [3.63, 3.8) is 0 Å². The molecule has 0 aliphatic heterocycles. The maximum Gasteiger partial charge on any atom is 0.111 e. The lowest BCUT2D eigenvalue weighted by Crippen LogP contribution is -2.49. The van der Waals surface area contributed by atoms with Crippen LogP contribution in [-0.4, -0.2) is 74.7 Å². The summed E-state index contributed by atoms with van der Waals surface area (Å²) >= 11 is 0. The van der Waals surface area contributed by atoms with E-state index < -0.39 is 31.0 Å². The molecule has 0 fully saturated rings. The minimum Gasteiger partial charge on any atom is -0.394 e. The molecule has 0 amide bonds. The van der Waals surface area contributed by atoms with Crippen molar-refractivity contribution in [2.24, 2.45) is 5.29 Å². The van der Waals surface area contributed by atoms with Gasteiger partial charge >= 0.3 is 0 Å². The summed E-state index contributed by atoms with van der Waals surface area (Å²) in [6.45, 7) is 1.51. The molecule has 0 saturated heterocycles. The highest BCUT2D eigenvalue weighted by atomic mass is 16.4. The first-order valence-corrected chi connectivity index (χ1v) is 7.89. The molecule has 0 aliphatic rings. The van der Waals surface area contributed by atoms with Crippen LogP contribution in [0.4, 0.5) is 0 Å². The third-order valence-corrected chi connectivity index (χ3v) is 3.61. The number of nitrogens with zero attached hydrogens (tertiary/aromatic N) is 2. The van der Waals surface area contributed by atoms with Crippen molar-refractivity contribution in [3.8, 4) is 0 Å². The Morgan fingerprint density at radius 3 is 2.00 bits per heavy atom. The topological polar surface area (TPSA) is 134 Å². The zero-order chi connectivity index (χ0) is 17.0. The minimum absolute atomic E-state index is 0.241. The Morgan fingerprint density at radius 2 is 1.45 bits per heavy atom. The van der Waals surface area contributed by atoms with E-state index in [1.165, 1.54) is 6.42 Å². The zero-order valence-corrected chi connectivity index (χ0v) is 13.2. The van der Waals surface area contributed by atoms with Gasteiger partial charge in [0.1, 0.15) is 24.4 Å². The average molecular weight is 322 g/mol. The van der Waals surface area contributed by atoms with Gasteiger partial charge in [-0.2, -0.15) is 0 Å².